The molecule has 0 saturated carbocycles. The molecule has 25 heavy (non-hydrogen) atoms. The second-order valence-electron chi connectivity index (χ2n) is 5.99. The lowest BCUT2D eigenvalue weighted by Gasteiger charge is -2.34. The second kappa shape index (κ2) is 8.05. The molecule has 0 aromatic heterocycles. The number of hydrogen-bond donors (Lipinski definition) is 1. The molecule has 0 amide bonds. The minimum atomic E-state index is -3.35. The molecular weight excluding hydrogens is 337 g/mol. The largest absolute Gasteiger partial charge is 0.494 e. The Bertz CT molecular complexity index is 720. The highest BCUT2D eigenvalue weighted by Crippen LogP contribution is 2.63. The summed E-state index contributed by atoms with van der Waals surface area (Å²) in [7, 11) is -3.35. The van der Waals surface area contributed by atoms with Gasteiger partial charge < -0.3 is 19.1 Å². The molecule has 1 aliphatic rings. The number of rotatable bonds is 6. The van der Waals surface area contributed by atoms with Gasteiger partial charge in [0.15, 0.2) is 5.78 Å². The fourth-order valence-corrected chi connectivity index (χ4v) is 4.91. The van der Waals surface area contributed by atoms with Crippen LogP contribution in [0.2, 0.25) is 0 Å². The van der Waals surface area contributed by atoms with Crippen molar-refractivity contribution in [1.82, 2.24) is 0 Å². The summed E-state index contributed by atoms with van der Waals surface area (Å²) >= 11 is 0. The summed E-state index contributed by atoms with van der Waals surface area (Å²) in [5.74, 6) is 0.204. The molecule has 0 radical (unpaired) electrons. The zero-order valence-corrected chi connectivity index (χ0v) is 15.4. The fraction of sp³-hybridized carbons (Fsp3) is 0.368. The van der Waals surface area contributed by atoms with Gasteiger partial charge in [-0.2, -0.15) is 0 Å². The van der Waals surface area contributed by atoms with E-state index < -0.39 is 13.4 Å². The molecule has 1 heterocycles. The first-order valence-electron chi connectivity index (χ1n) is 8.58. The first kappa shape index (κ1) is 18.0. The van der Waals surface area contributed by atoms with Gasteiger partial charge in [-0.1, -0.05) is 30.3 Å². The monoisotopic (exact) mass is 361 g/mol. The van der Waals surface area contributed by atoms with Crippen LogP contribution in [0.1, 0.15) is 31.6 Å². The SMILES string of the molecule is CCOc1ccc([C@H](Nc2ccccc2)[P@]2(=O)OCC[C@H](C)O2)cc1. The maximum absolute atomic E-state index is 13.4. The van der Waals surface area contributed by atoms with Crippen LogP contribution in [-0.4, -0.2) is 19.3 Å². The molecule has 1 fully saturated rings. The predicted octanol–water partition coefficient (Wildman–Crippen LogP) is 5.21. The summed E-state index contributed by atoms with van der Waals surface area (Å²) in [5, 5.41) is 3.32. The van der Waals surface area contributed by atoms with Crippen LogP contribution in [-0.2, 0) is 13.6 Å². The van der Waals surface area contributed by atoms with Crippen LogP contribution in [0.5, 0.6) is 5.75 Å². The predicted molar refractivity (Wildman–Crippen MR) is 99.1 cm³/mol. The van der Waals surface area contributed by atoms with Crippen molar-refractivity contribution in [2.75, 3.05) is 18.5 Å². The fourth-order valence-electron chi connectivity index (χ4n) is 2.77. The zero-order chi connectivity index (χ0) is 17.7. The summed E-state index contributed by atoms with van der Waals surface area (Å²) in [6, 6.07) is 17.2. The van der Waals surface area contributed by atoms with Gasteiger partial charge >= 0.3 is 7.60 Å². The molecule has 2 aromatic carbocycles. The second-order valence-corrected chi connectivity index (χ2v) is 8.06. The van der Waals surface area contributed by atoms with Gasteiger partial charge in [0.05, 0.1) is 19.3 Å². The molecule has 0 spiro atoms. The van der Waals surface area contributed by atoms with Crippen LogP contribution in [0.3, 0.4) is 0 Å². The van der Waals surface area contributed by atoms with Crippen molar-refractivity contribution < 1.29 is 18.3 Å². The molecule has 3 atom stereocenters. The standard InChI is InChI=1S/C19H24NO4P/c1-3-22-18-11-9-16(10-12-18)19(20-17-7-5-4-6-8-17)25(21)23-14-13-15(2)24-25/h4-12,15,19-20H,3,13-14H2,1-2H3/t15-,19+,25-/m0/s1. The first-order valence-corrected chi connectivity index (χ1v) is 10.2. The maximum Gasteiger partial charge on any atom is 0.357 e. The molecule has 1 aliphatic heterocycles. The molecule has 3 rings (SSSR count). The van der Waals surface area contributed by atoms with Gasteiger partial charge in [0.25, 0.3) is 0 Å². The summed E-state index contributed by atoms with van der Waals surface area (Å²) in [5.41, 5.74) is 1.70. The van der Waals surface area contributed by atoms with E-state index in [2.05, 4.69) is 5.32 Å². The van der Waals surface area contributed by atoms with E-state index in [1.54, 1.807) is 0 Å². The zero-order valence-electron chi connectivity index (χ0n) is 14.6. The normalized spacial score (nSPS) is 24.5. The van der Waals surface area contributed by atoms with Crippen LogP contribution >= 0.6 is 7.60 Å². The van der Waals surface area contributed by atoms with Crippen molar-refractivity contribution in [1.29, 1.82) is 0 Å². The molecule has 0 unspecified atom stereocenters. The molecule has 134 valence electrons. The van der Waals surface area contributed by atoms with Gasteiger partial charge in [-0.3, -0.25) is 4.57 Å². The lowest BCUT2D eigenvalue weighted by atomic mass is 10.2. The molecule has 0 aliphatic carbocycles. The molecule has 6 heteroatoms. The van der Waals surface area contributed by atoms with Gasteiger partial charge in [-0.15, -0.1) is 0 Å². The average molecular weight is 361 g/mol. The highest BCUT2D eigenvalue weighted by molar-refractivity contribution is 7.54. The number of benzene rings is 2. The quantitative estimate of drug-likeness (QED) is 0.716. The van der Waals surface area contributed by atoms with E-state index in [-0.39, 0.29) is 6.10 Å². The summed E-state index contributed by atoms with van der Waals surface area (Å²) in [4.78, 5) is 0. The Morgan fingerprint density at radius 3 is 2.56 bits per heavy atom. The first-order chi connectivity index (χ1) is 12.1. The van der Waals surface area contributed by atoms with Crippen molar-refractivity contribution >= 4 is 13.3 Å². The van der Waals surface area contributed by atoms with E-state index in [1.165, 1.54) is 0 Å². The van der Waals surface area contributed by atoms with Crippen LogP contribution in [0.4, 0.5) is 5.69 Å². The third-order valence-electron chi connectivity index (χ3n) is 4.02. The van der Waals surface area contributed by atoms with Crippen molar-refractivity contribution in [2.45, 2.75) is 32.2 Å². The minimum Gasteiger partial charge on any atom is -0.494 e. The van der Waals surface area contributed by atoms with Crippen LogP contribution in [0.25, 0.3) is 0 Å². The van der Waals surface area contributed by atoms with E-state index in [0.29, 0.717) is 13.2 Å². The third kappa shape index (κ3) is 4.43. The van der Waals surface area contributed by atoms with Gasteiger partial charge in [-0.25, -0.2) is 0 Å². The van der Waals surface area contributed by atoms with Gasteiger partial charge in [-0.05, 0) is 50.1 Å². The smallest absolute Gasteiger partial charge is 0.357 e. The van der Waals surface area contributed by atoms with Gasteiger partial charge in [0.2, 0.25) is 0 Å². The van der Waals surface area contributed by atoms with Crippen LogP contribution < -0.4 is 10.1 Å². The van der Waals surface area contributed by atoms with E-state index in [0.717, 1.165) is 23.4 Å². The van der Waals surface area contributed by atoms with Gasteiger partial charge in [0, 0.05) is 5.69 Å². The molecule has 5 nitrogen and oxygen atoms in total. The topological polar surface area (TPSA) is 56.8 Å². The molecule has 1 N–H and O–H groups in total. The Morgan fingerprint density at radius 1 is 1.20 bits per heavy atom. The van der Waals surface area contributed by atoms with E-state index >= 15 is 0 Å². The minimum absolute atomic E-state index is 0.0950. The van der Waals surface area contributed by atoms with E-state index in [1.807, 2.05) is 68.4 Å². The van der Waals surface area contributed by atoms with Crippen molar-refractivity contribution in [3.63, 3.8) is 0 Å². The summed E-state index contributed by atoms with van der Waals surface area (Å²) in [6.07, 6.45) is 0.646. The highest BCUT2D eigenvalue weighted by atomic mass is 31.2. The summed E-state index contributed by atoms with van der Waals surface area (Å²) in [6.45, 7) is 4.90. The van der Waals surface area contributed by atoms with Crippen LogP contribution in [0, 0.1) is 0 Å². The summed E-state index contributed by atoms with van der Waals surface area (Å²) < 4.78 is 30.3. The molecule has 2 aromatic rings. The Hall–Kier alpha value is -1.81. The average Bonchev–Trinajstić information content (AvgIpc) is 2.61. The number of ether oxygens (including phenoxy) is 1. The highest BCUT2D eigenvalue weighted by Gasteiger charge is 2.41. The molecule has 1 saturated heterocycles. The van der Waals surface area contributed by atoms with E-state index in [9.17, 15) is 4.57 Å². The lowest BCUT2D eigenvalue weighted by molar-refractivity contribution is 0.0887. The van der Waals surface area contributed by atoms with E-state index in [4.69, 9.17) is 13.8 Å². The number of anilines is 1. The van der Waals surface area contributed by atoms with Crippen molar-refractivity contribution in [2.24, 2.45) is 0 Å². The Kier molecular flexibility index (Phi) is 5.79. The Balaban J connectivity index is 1.92. The van der Waals surface area contributed by atoms with Crippen molar-refractivity contribution in [3.8, 4) is 5.75 Å². The Labute approximate surface area is 148 Å². The maximum atomic E-state index is 13.4. The number of nitrogens with one attached hydrogen (secondary N) is 1. The van der Waals surface area contributed by atoms with Crippen LogP contribution in [0.15, 0.2) is 54.6 Å². The number of hydrogen-bond acceptors (Lipinski definition) is 5. The van der Waals surface area contributed by atoms with Gasteiger partial charge in [0.1, 0.15) is 5.75 Å². The molecular formula is C19H24NO4P. The molecule has 0 bridgehead atoms. The lowest BCUT2D eigenvalue weighted by Crippen LogP contribution is -2.23. The third-order valence-corrected chi connectivity index (χ3v) is 6.28. The number of para-hydroxylation sites is 1. The Morgan fingerprint density at radius 2 is 1.92 bits per heavy atom. The van der Waals surface area contributed by atoms with Crippen molar-refractivity contribution in [3.05, 3.63) is 60.2 Å².